The number of fused-ring (bicyclic) bond motifs is 1. The number of benzene rings is 1. The zero-order chi connectivity index (χ0) is 13.6. The van der Waals surface area contributed by atoms with E-state index in [0.29, 0.717) is 0 Å². The fourth-order valence-electron chi connectivity index (χ4n) is 3.48. The number of hydrogen-bond acceptors (Lipinski definition) is 0. The summed E-state index contributed by atoms with van der Waals surface area (Å²) in [7, 11) is -2.39. The number of aromatic nitrogens is 1. The first-order valence-corrected chi connectivity index (χ1v) is 13.9. The van der Waals surface area contributed by atoms with Gasteiger partial charge in [-0.3, -0.25) is 0 Å². The lowest BCUT2D eigenvalue weighted by Gasteiger charge is -2.37. The number of aromatic amines is 1. The lowest BCUT2D eigenvalue weighted by atomic mass is 10.2. The third-order valence-electron chi connectivity index (χ3n) is 3.59. The molecule has 1 nitrogen and oxygen atoms in total. The molecule has 0 fully saturated rings. The zero-order valence-corrected chi connectivity index (χ0v) is 14.5. The Balaban J connectivity index is 2.55. The van der Waals surface area contributed by atoms with Gasteiger partial charge in [-0.1, -0.05) is 57.5 Å². The summed E-state index contributed by atoms with van der Waals surface area (Å²) in [6, 6.07) is 11.0. The summed E-state index contributed by atoms with van der Waals surface area (Å²) in [6.07, 6.45) is 0. The van der Waals surface area contributed by atoms with Gasteiger partial charge in [-0.05, 0) is 22.7 Å². The van der Waals surface area contributed by atoms with E-state index in [2.05, 4.69) is 74.6 Å². The maximum atomic E-state index is 3.68. The van der Waals surface area contributed by atoms with Crippen LogP contribution in [0.1, 0.15) is 10.9 Å². The summed E-state index contributed by atoms with van der Waals surface area (Å²) in [5, 5.41) is 2.14. The molecule has 0 saturated heterocycles. The van der Waals surface area contributed by atoms with Gasteiger partial charge < -0.3 is 4.98 Å². The van der Waals surface area contributed by atoms with Crippen LogP contribution >= 0.6 is 0 Å². The van der Waals surface area contributed by atoms with Crippen molar-refractivity contribution in [1.82, 2.24) is 4.98 Å². The molecule has 2 rings (SSSR count). The average Bonchev–Trinajstić information content (AvgIpc) is 2.54. The number of para-hydroxylation sites is 1. The maximum Gasteiger partial charge on any atom is 0.0512 e. The highest BCUT2D eigenvalue weighted by molar-refractivity contribution is 6.96. The van der Waals surface area contributed by atoms with E-state index in [0.717, 1.165) is 5.16 Å². The summed E-state index contributed by atoms with van der Waals surface area (Å²) in [4.78, 5) is 3.68. The molecule has 1 heterocycles. The summed E-state index contributed by atoms with van der Waals surface area (Å²) >= 11 is 0. The van der Waals surface area contributed by atoms with Crippen molar-refractivity contribution in [2.24, 2.45) is 0 Å². The normalized spacial score (nSPS) is 13.5. The molecule has 0 saturated carbocycles. The molecule has 1 aromatic carbocycles. The van der Waals surface area contributed by atoms with Crippen molar-refractivity contribution >= 4 is 27.1 Å². The topological polar surface area (TPSA) is 15.8 Å². The molecule has 0 bridgehead atoms. The largest absolute Gasteiger partial charge is 0.359 e. The minimum absolute atomic E-state index is 0.789. The van der Waals surface area contributed by atoms with Crippen molar-refractivity contribution in [3.05, 3.63) is 36.0 Å². The fourth-order valence-corrected chi connectivity index (χ4v) is 16.1. The van der Waals surface area contributed by atoms with Crippen molar-refractivity contribution in [2.45, 2.75) is 44.4 Å². The first kappa shape index (κ1) is 13.6. The summed E-state index contributed by atoms with van der Waals surface area (Å²) < 4.78 is 0. The van der Waals surface area contributed by atoms with Gasteiger partial charge in [-0.2, -0.15) is 0 Å². The second kappa shape index (κ2) is 4.39. The number of hydrogen-bond donors (Lipinski definition) is 1. The Hall–Kier alpha value is -0.806. The molecule has 0 aliphatic carbocycles. The second-order valence-corrected chi connectivity index (χ2v) is 18.7. The lowest BCUT2D eigenvalue weighted by Crippen LogP contribution is -2.46. The summed E-state index contributed by atoms with van der Waals surface area (Å²) in [5.74, 6) is 0. The second-order valence-electron chi connectivity index (χ2n) is 7.48. The van der Waals surface area contributed by atoms with E-state index >= 15 is 0 Å². The molecule has 98 valence electrons. The van der Waals surface area contributed by atoms with Gasteiger partial charge in [-0.25, -0.2) is 0 Å². The van der Waals surface area contributed by atoms with Gasteiger partial charge >= 0.3 is 0 Å². The maximum absolute atomic E-state index is 3.68. The van der Waals surface area contributed by atoms with Gasteiger partial charge in [-0.15, -0.1) is 0 Å². The zero-order valence-electron chi connectivity index (χ0n) is 12.5. The van der Waals surface area contributed by atoms with Crippen LogP contribution in [0.5, 0.6) is 0 Å². The van der Waals surface area contributed by atoms with Gasteiger partial charge in [0.15, 0.2) is 0 Å². The molecular formula is C15H25NSi2. The molecule has 18 heavy (non-hydrogen) atoms. The Morgan fingerprint density at radius 1 is 0.889 bits per heavy atom. The summed E-state index contributed by atoms with van der Waals surface area (Å²) in [5.41, 5.74) is 2.77. The van der Waals surface area contributed by atoms with Crippen molar-refractivity contribution in [3.63, 3.8) is 0 Å². The van der Waals surface area contributed by atoms with Gasteiger partial charge in [0, 0.05) is 11.2 Å². The smallest absolute Gasteiger partial charge is 0.0512 e. The first-order valence-electron chi connectivity index (χ1n) is 6.77. The molecule has 0 atom stereocenters. The van der Waals surface area contributed by atoms with Gasteiger partial charge in [0.05, 0.1) is 16.1 Å². The Bertz CT molecular complexity index is 496. The third-order valence-corrected chi connectivity index (χ3v) is 12.9. The van der Waals surface area contributed by atoms with Crippen LogP contribution in [0.25, 0.3) is 10.9 Å². The van der Waals surface area contributed by atoms with Crippen LogP contribution in [0.2, 0.25) is 39.3 Å². The predicted octanol–water partition coefficient (Wildman–Crippen LogP) is 5.01. The molecule has 0 aliphatic heterocycles. The van der Waals surface area contributed by atoms with E-state index in [-0.39, 0.29) is 0 Å². The number of rotatable bonds is 3. The Morgan fingerprint density at radius 3 is 1.94 bits per heavy atom. The molecule has 3 heteroatoms. The van der Waals surface area contributed by atoms with Gasteiger partial charge in [0.1, 0.15) is 0 Å². The van der Waals surface area contributed by atoms with Gasteiger partial charge in [0.25, 0.3) is 0 Å². The molecule has 0 amide bonds. The Labute approximate surface area is 113 Å². The highest BCUT2D eigenvalue weighted by Gasteiger charge is 2.39. The van der Waals surface area contributed by atoms with Crippen molar-refractivity contribution in [3.8, 4) is 0 Å². The van der Waals surface area contributed by atoms with E-state index in [4.69, 9.17) is 0 Å². The average molecular weight is 276 g/mol. The predicted molar refractivity (Wildman–Crippen MR) is 87.7 cm³/mol. The van der Waals surface area contributed by atoms with E-state index < -0.39 is 16.1 Å². The van der Waals surface area contributed by atoms with Crippen molar-refractivity contribution in [1.29, 1.82) is 0 Å². The van der Waals surface area contributed by atoms with Crippen LogP contribution in [0, 0.1) is 0 Å². The highest BCUT2D eigenvalue weighted by atomic mass is 28.4. The minimum atomic E-state index is -1.20. The Morgan fingerprint density at radius 2 is 1.44 bits per heavy atom. The first-order chi connectivity index (χ1) is 8.19. The van der Waals surface area contributed by atoms with E-state index in [1.165, 1.54) is 16.6 Å². The van der Waals surface area contributed by atoms with Crippen LogP contribution in [0.4, 0.5) is 0 Å². The van der Waals surface area contributed by atoms with Crippen LogP contribution in [-0.4, -0.2) is 21.1 Å². The molecule has 0 radical (unpaired) electrons. The standard InChI is InChI=1S/C15H25NSi2/c1-17(2,3)15(18(4,5)6)14-11-12-9-7-8-10-13(12)16-14/h7-11,15-16H,1-6H3. The van der Waals surface area contributed by atoms with Crippen molar-refractivity contribution in [2.75, 3.05) is 0 Å². The molecule has 2 aromatic rings. The molecule has 0 aliphatic rings. The molecule has 0 unspecified atom stereocenters. The number of nitrogens with one attached hydrogen (secondary N) is 1. The third kappa shape index (κ3) is 2.62. The SMILES string of the molecule is C[Si](C)(C)C(c1cc2ccccc2[nH]1)[Si](C)(C)C. The molecule has 1 N–H and O–H groups in total. The van der Waals surface area contributed by atoms with Crippen LogP contribution in [-0.2, 0) is 0 Å². The van der Waals surface area contributed by atoms with E-state index in [9.17, 15) is 0 Å². The monoisotopic (exact) mass is 275 g/mol. The van der Waals surface area contributed by atoms with Crippen LogP contribution in [0.3, 0.4) is 0 Å². The molecular weight excluding hydrogens is 250 g/mol. The minimum Gasteiger partial charge on any atom is -0.359 e. The van der Waals surface area contributed by atoms with Crippen LogP contribution in [0.15, 0.2) is 30.3 Å². The van der Waals surface area contributed by atoms with Crippen LogP contribution < -0.4 is 0 Å². The summed E-state index contributed by atoms with van der Waals surface area (Å²) in [6.45, 7) is 15.0. The van der Waals surface area contributed by atoms with E-state index in [1.807, 2.05) is 0 Å². The van der Waals surface area contributed by atoms with E-state index in [1.54, 1.807) is 0 Å². The number of H-pyrrole nitrogens is 1. The lowest BCUT2D eigenvalue weighted by molar-refractivity contribution is 1.11. The highest BCUT2D eigenvalue weighted by Crippen LogP contribution is 2.36. The van der Waals surface area contributed by atoms with Crippen molar-refractivity contribution < 1.29 is 0 Å². The van der Waals surface area contributed by atoms with Gasteiger partial charge in [0.2, 0.25) is 0 Å². The fraction of sp³-hybridized carbons (Fsp3) is 0.467. The Kier molecular flexibility index (Phi) is 3.32. The quantitative estimate of drug-likeness (QED) is 0.758. The molecule has 1 aromatic heterocycles. The molecule has 0 spiro atoms.